The number of aryl methyl sites for hydroxylation is 1. The second kappa shape index (κ2) is 24.1. The van der Waals surface area contributed by atoms with Gasteiger partial charge in [0.15, 0.2) is 5.78 Å². The molecule has 4 rings (SSSR count). The van der Waals surface area contributed by atoms with Crippen molar-refractivity contribution in [2.24, 2.45) is 11.8 Å². The number of carbonyl (C=O) groups excluding carboxylic acids is 5. The minimum Gasteiger partial charge on any atom is -0.379 e. The van der Waals surface area contributed by atoms with Gasteiger partial charge in [-0.1, -0.05) is 108 Å². The SMILES string of the molecule is CC(C)CC(NC(=O)[C@H](CCc1ccccc1)NC(=O)CCCCCCCN1CCOCC1)C(=O)N[C@@H](Cc1ccccc1)C(=O)NC(CC(C)C)C(=O)C1(C)CO1. The van der Waals surface area contributed by atoms with Crippen LogP contribution in [0.4, 0.5) is 0 Å². The highest BCUT2D eigenvalue weighted by molar-refractivity contribution is 5.98. The van der Waals surface area contributed by atoms with Crippen molar-refractivity contribution in [1.82, 2.24) is 26.2 Å². The van der Waals surface area contributed by atoms with Crippen LogP contribution in [0.5, 0.6) is 0 Å². The summed E-state index contributed by atoms with van der Waals surface area (Å²) >= 11 is 0. The van der Waals surface area contributed by atoms with E-state index in [9.17, 15) is 24.0 Å². The van der Waals surface area contributed by atoms with E-state index < -0.39 is 47.5 Å². The van der Waals surface area contributed by atoms with Gasteiger partial charge in [-0.3, -0.25) is 28.9 Å². The molecule has 0 bridgehead atoms. The summed E-state index contributed by atoms with van der Waals surface area (Å²) in [6, 6.07) is 15.5. The number of hydrogen-bond acceptors (Lipinski definition) is 8. The first-order chi connectivity index (χ1) is 27.8. The number of benzene rings is 2. The lowest BCUT2D eigenvalue weighted by Gasteiger charge is -2.28. The molecule has 0 aromatic heterocycles. The molecule has 3 unspecified atom stereocenters. The van der Waals surface area contributed by atoms with Crippen LogP contribution in [0.15, 0.2) is 60.7 Å². The van der Waals surface area contributed by atoms with Crippen molar-refractivity contribution in [1.29, 1.82) is 0 Å². The molecule has 0 spiro atoms. The van der Waals surface area contributed by atoms with Gasteiger partial charge in [0.1, 0.15) is 23.7 Å². The molecule has 2 aliphatic rings. The average molecular weight is 804 g/mol. The van der Waals surface area contributed by atoms with Crippen molar-refractivity contribution >= 4 is 29.4 Å². The van der Waals surface area contributed by atoms with Gasteiger partial charge in [-0.05, 0) is 75.0 Å². The van der Waals surface area contributed by atoms with Crippen LogP contribution in [0, 0.1) is 11.8 Å². The van der Waals surface area contributed by atoms with Gasteiger partial charge in [-0.2, -0.15) is 0 Å². The van der Waals surface area contributed by atoms with Crippen molar-refractivity contribution in [3.8, 4) is 0 Å². The Balaban J connectivity index is 1.41. The second-order valence-corrected chi connectivity index (χ2v) is 17.1. The van der Waals surface area contributed by atoms with E-state index in [1.54, 1.807) is 6.92 Å². The lowest BCUT2D eigenvalue weighted by molar-refractivity contribution is -0.135. The molecule has 2 aromatic carbocycles. The minimum absolute atomic E-state index is 0.0241. The first-order valence-electron chi connectivity index (χ1n) is 21.6. The molecule has 2 aliphatic heterocycles. The fourth-order valence-electron chi connectivity index (χ4n) is 7.37. The van der Waals surface area contributed by atoms with Crippen molar-refractivity contribution in [3.05, 3.63) is 71.8 Å². The number of epoxide rings is 1. The molecule has 4 amide bonds. The maximum atomic E-state index is 14.2. The smallest absolute Gasteiger partial charge is 0.243 e. The predicted octanol–water partition coefficient (Wildman–Crippen LogP) is 4.92. The molecule has 320 valence electrons. The molecule has 12 nitrogen and oxygen atoms in total. The first kappa shape index (κ1) is 46.6. The molecule has 5 atom stereocenters. The zero-order valence-electron chi connectivity index (χ0n) is 35.6. The monoisotopic (exact) mass is 804 g/mol. The number of Topliss-reactive ketones (excluding diaryl/α,β-unsaturated/α-hetero) is 1. The van der Waals surface area contributed by atoms with Crippen molar-refractivity contribution in [2.45, 2.75) is 135 Å². The number of rotatable bonds is 26. The Morgan fingerprint density at radius 3 is 1.79 bits per heavy atom. The van der Waals surface area contributed by atoms with E-state index in [0.29, 0.717) is 38.7 Å². The van der Waals surface area contributed by atoms with Crippen LogP contribution < -0.4 is 21.3 Å². The molecular weight excluding hydrogens is 735 g/mol. The lowest BCUT2D eigenvalue weighted by Crippen LogP contribution is -2.59. The highest BCUT2D eigenvalue weighted by Gasteiger charge is 2.50. The lowest BCUT2D eigenvalue weighted by atomic mass is 9.93. The third-order valence-electron chi connectivity index (χ3n) is 10.9. The molecular formula is C46H69N5O7. The number of unbranched alkanes of at least 4 members (excludes halogenated alkanes) is 4. The molecule has 2 aromatic rings. The van der Waals surface area contributed by atoms with Crippen LogP contribution in [0.3, 0.4) is 0 Å². The molecule has 0 saturated carbocycles. The van der Waals surface area contributed by atoms with Gasteiger partial charge < -0.3 is 30.7 Å². The number of amides is 4. The van der Waals surface area contributed by atoms with Crippen LogP contribution in [0.25, 0.3) is 0 Å². The van der Waals surface area contributed by atoms with Gasteiger partial charge in [0, 0.05) is 25.9 Å². The Morgan fingerprint density at radius 2 is 1.17 bits per heavy atom. The van der Waals surface area contributed by atoms with E-state index in [1.807, 2.05) is 88.4 Å². The van der Waals surface area contributed by atoms with Crippen molar-refractivity contribution in [3.63, 3.8) is 0 Å². The summed E-state index contributed by atoms with van der Waals surface area (Å²) in [7, 11) is 0. The number of ketones is 1. The van der Waals surface area contributed by atoms with E-state index in [1.165, 1.54) is 0 Å². The summed E-state index contributed by atoms with van der Waals surface area (Å²) in [6.45, 7) is 14.6. The zero-order chi connectivity index (χ0) is 41.9. The Hall–Kier alpha value is -4.13. The molecule has 2 heterocycles. The first-order valence-corrected chi connectivity index (χ1v) is 21.6. The molecule has 58 heavy (non-hydrogen) atoms. The largest absolute Gasteiger partial charge is 0.379 e. The van der Waals surface area contributed by atoms with Crippen molar-refractivity contribution in [2.75, 3.05) is 39.5 Å². The van der Waals surface area contributed by atoms with Gasteiger partial charge in [0.2, 0.25) is 23.6 Å². The zero-order valence-corrected chi connectivity index (χ0v) is 35.6. The van der Waals surface area contributed by atoms with Crippen LogP contribution >= 0.6 is 0 Å². The van der Waals surface area contributed by atoms with E-state index in [0.717, 1.165) is 76.1 Å². The Morgan fingerprint density at radius 1 is 0.655 bits per heavy atom. The molecule has 4 N–H and O–H groups in total. The van der Waals surface area contributed by atoms with Crippen LogP contribution in [0.1, 0.15) is 104 Å². The Labute approximate surface area is 346 Å². The number of morpholine rings is 1. The molecule has 0 aliphatic carbocycles. The van der Waals surface area contributed by atoms with E-state index in [2.05, 4.69) is 26.2 Å². The molecule has 0 radical (unpaired) electrons. The van der Waals surface area contributed by atoms with E-state index in [4.69, 9.17) is 9.47 Å². The highest BCUT2D eigenvalue weighted by atomic mass is 16.6. The summed E-state index contributed by atoms with van der Waals surface area (Å²) in [5.74, 6) is -1.68. The maximum absolute atomic E-state index is 14.2. The summed E-state index contributed by atoms with van der Waals surface area (Å²) in [5, 5.41) is 11.8. The van der Waals surface area contributed by atoms with Crippen LogP contribution in [-0.2, 0) is 46.3 Å². The van der Waals surface area contributed by atoms with E-state index >= 15 is 0 Å². The van der Waals surface area contributed by atoms with Gasteiger partial charge in [0.25, 0.3) is 0 Å². The average Bonchev–Trinajstić information content (AvgIpc) is 3.96. The fraction of sp³-hybridized carbons (Fsp3) is 0.630. The summed E-state index contributed by atoms with van der Waals surface area (Å²) in [5.41, 5.74) is 0.940. The van der Waals surface area contributed by atoms with Gasteiger partial charge >= 0.3 is 0 Å². The number of hydrogen-bond donors (Lipinski definition) is 4. The Bertz CT molecular complexity index is 1580. The van der Waals surface area contributed by atoms with Gasteiger partial charge in [-0.25, -0.2) is 0 Å². The van der Waals surface area contributed by atoms with Crippen LogP contribution in [-0.4, -0.2) is 104 Å². The standard InChI is InChI=1S/C46H69N5O7/c1-33(2)29-38(42(53)46(5)32-58-46)48-45(56)40(31-36-19-13-10-14-20-36)50-44(55)39(30-34(3)4)49-43(54)37(23-22-35-17-11-9-12-18-35)47-41(52)21-15-7-6-8-16-24-51-25-27-57-28-26-51/h9-14,17-20,33-34,37-40H,6-8,15-16,21-32H2,1-5H3,(H,47,52)(H,48,56)(H,49,54)(H,50,55)/t37-,38?,39?,40-,46?/m0/s1. The number of ether oxygens (including phenoxy) is 2. The topological polar surface area (TPSA) is 158 Å². The third-order valence-corrected chi connectivity index (χ3v) is 10.9. The minimum atomic E-state index is -1.02. The number of nitrogens with one attached hydrogen (secondary N) is 4. The fourth-order valence-corrected chi connectivity index (χ4v) is 7.37. The van der Waals surface area contributed by atoms with E-state index in [-0.39, 0.29) is 29.9 Å². The highest BCUT2D eigenvalue weighted by Crippen LogP contribution is 2.29. The van der Waals surface area contributed by atoms with Crippen LogP contribution in [0.2, 0.25) is 0 Å². The van der Waals surface area contributed by atoms with Crippen molar-refractivity contribution < 1.29 is 33.4 Å². The van der Waals surface area contributed by atoms with Gasteiger partial charge in [0.05, 0.1) is 25.9 Å². The quantitative estimate of drug-likeness (QED) is 0.0771. The maximum Gasteiger partial charge on any atom is 0.243 e. The third kappa shape index (κ3) is 16.6. The summed E-state index contributed by atoms with van der Waals surface area (Å²) in [4.78, 5) is 71.3. The Kier molecular flexibility index (Phi) is 19.3. The summed E-state index contributed by atoms with van der Waals surface area (Å²) < 4.78 is 10.9. The molecule has 12 heteroatoms. The molecule has 2 saturated heterocycles. The summed E-state index contributed by atoms with van der Waals surface area (Å²) in [6.07, 6.45) is 7.10. The second-order valence-electron chi connectivity index (χ2n) is 17.1. The van der Waals surface area contributed by atoms with Gasteiger partial charge in [-0.15, -0.1) is 0 Å². The predicted molar refractivity (Wildman–Crippen MR) is 226 cm³/mol. The number of nitrogens with zero attached hydrogens (tertiary/aromatic N) is 1. The molecule has 2 fully saturated rings. The normalized spacial score (nSPS) is 18.8. The number of carbonyl (C=O) groups is 5.